The zero-order valence-corrected chi connectivity index (χ0v) is 19.6. The standard InChI is InChI=1S/C24H31FN2O4S/c1-4-22(20-7-10-23(31-3)17(2)15-20)26-24(28)19-11-13-27(14-12-19)32(29,30)16-18-5-8-21(25)9-6-18/h5-10,15,19,22H,4,11-14,16H2,1-3H3,(H,26,28)/t22-/m1/s1. The van der Waals surface area contributed by atoms with Crippen LogP contribution in [-0.2, 0) is 20.6 Å². The molecule has 0 saturated carbocycles. The molecular formula is C24H31FN2O4S. The van der Waals surface area contributed by atoms with E-state index >= 15 is 0 Å². The van der Waals surface area contributed by atoms with Crippen LogP contribution < -0.4 is 10.1 Å². The second-order valence-electron chi connectivity index (χ2n) is 8.25. The number of carbonyl (C=O) groups excluding carboxylic acids is 1. The summed E-state index contributed by atoms with van der Waals surface area (Å²) in [4.78, 5) is 12.9. The van der Waals surface area contributed by atoms with Gasteiger partial charge in [0.2, 0.25) is 15.9 Å². The number of aryl methyl sites for hydroxylation is 1. The summed E-state index contributed by atoms with van der Waals surface area (Å²) in [6, 6.07) is 11.3. The van der Waals surface area contributed by atoms with Crippen LogP contribution >= 0.6 is 0 Å². The Morgan fingerprint density at radius 2 is 1.84 bits per heavy atom. The minimum Gasteiger partial charge on any atom is -0.496 e. The molecule has 0 bridgehead atoms. The van der Waals surface area contributed by atoms with Crippen LogP contribution in [0.3, 0.4) is 0 Å². The Morgan fingerprint density at radius 1 is 1.19 bits per heavy atom. The third-order valence-electron chi connectivity index (χ3n) is 6.03. The number of halogens is 1. The first kappa shape index (κ1) is 24.2. The summed E-state index contributed by atoms with van der Waals surface area (Å²) < 4.78 is 45.3. The summed E-state index contributed by atoms with van der Waals surface area (Å²) in [7, 11) is -1.88. The number of hydrogen-bond acceptors (Lipinski definition) is 4. The molecule has 2 aromatic rings. The van der Waals surface area contributed by atoms with Crippen molar-refractivity contribution in [3.05, 3.63) is 65.0 Å². The van der Waals surface area contributed by atoms with Crippen molar-refractivity contribution < 1.29 is 22.3 Å². The lowest BCUT2D eigenvalue weighted by molar-refractivity contribution is -0.126. The van der Waals surface area contributed by atoms with Crippen molar-refractivity contribution in [2.45, 2.75) is 44.9 Å². The van der Waals surface area contributed by atoms with Gasteiger partial charge in [-0.25, -0.2) is 17.1 Å². The first-order valence-corrected chi connectivity index (χ1v) is 12.5. The van der Waals surface area contributed by atoms with Gasteiger partial charge in [-0.05, 0) is 61.1 Å². The van der Waals surface area contributed by atoms with E-state index in [2.05, 4.69) is 5.32 Å². The van der Waals surface area contributed by atoms with Crippen LogP contribution in [0, 0.1) is 18.7 Å². The van der Waals surface area contributed by atoms with Gasteiger partial charge in [0.25, 0.3) is 0 Å². The van der Waals surface area contributed by atoms with Crippen molar-refractivity contribution in [1.82, 2.24) is 9.62 Å². The number of nitrogens with zero attached hydrogens (tertiary/aromatic N) is 1. The minimum atomic E-state index is -3.51. The molecule has 1 atom stereocenters. The molecular weight excluding hydrogens is 431 g/mol. The fourth-order valence-electron chi connectivity index (χ4n) is 4.11. The summed E-state index contributed by atoms with van der Waals surface area (Å²) in [6.07, 6.45) is 1.71. The molecule has 174 valence electrons. The molecule has 1 N–H and O–H groups in total. The lowest BCUT2D eigenvalue weighted by Gasteiger charge is -2.31. The van der Waals surface area contributed by atoms with E-state index in [-0.39, 0.29) is 23.6 Å². The monoisotopic (exact) mass is 462 g/mol. The van der Waals surface area contributed by atoms with Crippen LogP contribution in [0.5, 0.6) is 5.75 Å². The van der Waals surface area contributed by atoms with Crippen LogP contribution in [0.25, 0.3) is 0 Å². The Kier molecular flexibility index (Phi) is 7.90. The molecule has 1 saturated heterocycles. The van der Waals surface area contributed by atoms with Crippen molar-refractivity contribution in [2.75, 3.05) is 20.2 Å². The number of benzene rings is 2. The lowest BCUT2D eigenvalue weighted by atomic mass is 9.95. The van der Waals surface area contributed by atoms with E-state index in [1.165, 1.54) is 28.6 Å². The van der Waals surface area contributed by atoms with Crippen molar-refractivity contribution in [3.8, 4) is 5.75 Å². The highest BCUT2D eigenvalue weighted by atomic mass is 32.2. The smallest absolute Gasteiger partial charge is 0.223 e. The molecule has 32 heavy (non-hydrogen) atoms. The number of methoxy groups -OCH3 is 1. The molecule has 0 aromatic heterocycles. The van der Waals surface area contributed by atoms with E-state index in [4.69, 9.17) is 4.74 Å². The predicted molar refractivity (Wildman–Crippen MR) is 122 cm³/mol. The largest absolute Gasteiger partial charge is 0.496 e. The zero-order chi connectivity index (χ0) is 23.3. The van der Waals surface area contributed by atoms with E-state index in [1.807, 2.05) is 32.0 Å². The van der Waals surface area contributed by atoms with Crippen LogP contribution in [0.4, 0.5) is 4.39 Å². The van der Waals surface area contributed by atoms with Gasteiger partial charge in [0.05, 0.1) is 18.9 Å². The number of piperidine rings is 1. The summed E-state index contributed by atoms with van der Waals surface area (Å²) in [5.74, 6) is -0.0160. The molecule has 1 fully saturated rings. The molecule has 1 heterocycles. The maximum atomic E-state index is 13.1. The third-order valence-corrected chi connectivity index (χ3v) is 7.88. The Balaban J connectivity index is 1.57. The van der Waals surface area contributed by atoms with Crippen LogP contribution in [0.1, 0.15) is 48.9 Å². The maximum absolute atomic E-state index is 13.1. The van der Waals surface area contributed by atoms with Crippen LogP contribution in [-0.4, -0.2) is 38.8 Å². The van der Waals surface area contributed by atoms with E-state index in [1.54, 1.807) is 7.11 Å². The number of amides is 1. The Bertz CT molecular complexity index is 1030. The molecule has 1 aliphatic rings. The van der Waals surface area contributed by atoms with E-state index in [9.17, 15) is 17.6 Å². The number of hydrogen-bond donors (Lipinski definition) is 1. The highest BCUT2D eigenvalue weighted by molar-refractivity contribution is 7.88. The first-order chi connectivity index (χ1) is 15.2. The van der Waals surface area contributed by atoms with Gasteiger partial charge in [-0.3, -0.25) is 4.79 Å². The van der Waals surface area contributed by atoms with E-state index < -0.39 is 15.8 Å². The van der Waals surface area contributed by atoms with Gasteiger partial charge >= 0.3 is 0 Å². The summed E-state index contributed by atoms with van der Waals surface area (Å²) in [5.41, 5.74) is 2.59. The average Bonchev–Trinajstić information content (AvgIpc) is 2.78. The molecule has 0 radical (unpaired) electrons. The number of sulfonamides is 1. The normalized spacial score (nSPS) is 16.5. The van der Waals surface area contributed by atoms with Crippen molar-refractivity contribution >= 4 is 15.9 Å². The van der Waals surface area contributed by atoms with Gasteiger partial charge in [-0.15, -0.1) is 0 Å². The number of carbonyl (C=O) groups is 1. The lowest BCUT2D eigenvalue weighted by Crippen LogP contribution is -2.44. The first-order valence-electron chi connectivity index (χ1n) is 10.9. The van der Waals surface area contributed by atoms with Crippen LogP contribution in [0.15, 0.2) is 42.5 Å². The third kappa shape index (κ3) is 5.86. The van der Waals surface area contributed by atoms with Gasteiger partial charge in [-0.2, -0.15) is 0 Å². The zero-order valence-electron chi connectivity index (χ0n) is 18.8. The Labute approximate surface area is 189 Å². The molecule has 0 spiro atoms. The van der Waals surface area contributed by atoms with Gasteiger partial charge in [0.1, 0.15) is 11.6 Å². The number of nitrogens with one attached hydrogen (secondary N) is 1. The number of ether oxygens (including phenoxy) is 1. The molecule has 1 amide bonds. The fourth-order valence-corrected chi connectivity index (χ4v) is 5.67. The summed E-state index contributed by atoms with van der Waals surface area (Å²) in [5, 5.41) is 3.13. The molecule has 0 aliphatic carbocycles. The quantitative estimate of drug-likeness (QED) is 0.645. The molecule has 6 nitrogen and oxygen atoms in total. The Hall–Kier alpha value is -2.45. The van der Waals surface area contributed by atoms with Gasteiger partial charge in [-0.1, -0.05) is 31.2 Å². The molecule has 2 aromatic carbocycles. The second kappa shape index (κ2) is 10.4. The van der Waals surface area contributed by atoms with E-state index in [0.717, 1.165) is 23.3 Å². The summed E-state index contributed by atoms with van der Waals surface area (Å²) >= 11 is 0. The molecule has 0 unspecified atom stereocenters. The predicted octanol–water partition coefficient (Wildman–Crippen LogP) is 3.95. The minimum absolute atomic E-state index is 0.0408. The van der Waals surface area contributed by atoms with Crippen molar-refractivity contribution in [2.24, 2.45) is 5.92 Å². The highest BCUT2D eigenvalue weighted by Gasteiger charge is 2.32. The maximum Gasteiger partial charge on any atom is 0.223 e. The highest BCUT2D eigenvalue weighted by Crippen LogP contribution is 2.26. The Morgan fingerprint density at radius 3 is 2.41 bits per heavy atom. The topological polar surface area (TPSA) is 75.7 Å². The van der Waals surface area contributed by atoms with Crippen LogP contribution in [0.2, 0.25) is 0 Å². The van der Waals surface area contributed by atoms with E-state index in [0.29, 0.717) is 31.5 Å². The summed E-state index contributed by atoms with van der Waals surface area (Å²) in [6.45, 7) is 4.61. The van der Waals surface area contributed by atoms with Crippen molar-refractivity contribution in [3.63, 3.8) is 0 Å². The number of rotatable bonds is 8. The van der Waals surface area contributed by atoms with Gasteiger partial charge in [0, 0.05) is 19.0 Å². The molecule has 8 heteroatoms. The average molecular weight is 463 g/mol. The van der Waals surface area contributed by atoms with Gasteiger partial charge in [0.15, 0.2) is 0 Å². The van der Waals surface area contributed by atoms with Crippen molar-refractivity contribution in [1.29, 1.82) is 0 Å². The molecule has 1 aliphatic heterocycles. The van der Waals surface area contributed by atoms with Gasteiger partial charge < -0.3 is 10.1 Å². The second-order valence-corrected chi connectivity index (χ2v) is 10.2. The fraction of sp³-hybridized carbons (Fsp3) is 0.458. The SMILES string of the molecule is CC[C@@H](NC(=O)C1CCN(S(=O)(=O)Cc2ccc(F)cc2)CC1)c1ccc(OC)c(C)c1. The molecule has 3 rings (SSSR count).